The van der Waals surface area contributed by atoms with E-state index in [0.717, 1.165) is 12.6 Å². The van der Waals surface area contributed by atoms with E-state index in [-0.39, 0.29) is 0 Å². The molecule has 0 amide bonds. The number of hydrogen-bond donors (Lipinski definition) is 2. The molecule has 0 aliphatic carbocycles. The number of amidine groups is 1. The lowest BCUT2D eigenvalue weighted by atomic mass is 10.2. The third kappa shape index (κ3) is 2.77. The van der Waals surface area contributed by atoms with Gasteiger partial charge in [-0.3, -0.25) is 9.98 Å². The first-order valence-electron chi connectivity index (χ1n) is 4.40. The molecule has 3 N–H and O–H groups in total. The van der Waals surface area contributed by atoms with Crippen molar-refractivity contribution in [1.29, 1.82) is 0 Å². The minimum absolute atomic E-state index is 0.401. The topological polar surface area (TPSA) is 63.3 Å². The first kappa shape index (κ1) is 10.6. The van der Waals surface area contributed by atoms with Gasteiger partial charge in [0.1, 0.15) is 11.7 Å². The fourth-order valence-electron chi connectivity index (χ4n) is 0.985. The van der Waals surface area contributed by atoms with E-state index in [1.54, 1.807) is 0 Å². The molecule has 0 saturated heterocycles. The molecule has 1 heterocycles. The maximum atomic E-state index is 12.8. The van der Waals surface area contributed by atoms with Crippen molar-refractivity contribution in [1.82, 2.24) is 10.4 Å². The normalized spacial score (nSPS) is 11.5. The van der Waals surface area contributed by atoms with Crippen molar-refractivity contribution >= 4 is 5.84 Å². The highest BCUT2D eigenvalue weighted by molar-refractivity contribution is 5.98. The van der Waals surface area contributed by atoms with Crippen LogP contribution in [-0.4, -0.2) is 17.4 Å². The van der Waals surface area contributed by atoms with E-state index in [1.807, 2.05) is 6.92 Å². The van der Waals surface area contributed by atoms with E-state index < -0.39 is 5.82 Å². The zero-order chi connectivity index (χ0) is 10.4. The second kappa shape index (κ2) is 5.29. The molecule has 0 saturated carbocycles. The number of nitrogens with zero attached hydrogens (tertiary/aromatic N) is 2. The first-order valence-corrected chi connectivity index (χ1v) is 4.40. The number of pyridine rings is 1. The Morgan fingerprint density at radius 2 is 2.43 bits per heavy atom. The van der Waals surface area contributed by atoms with Gasteiger partial charge in [0.25, 0.3) is 0 Å². The molecule has 1 rings (SSSR count). The van der Waals surface area contributed by atoms with E-state index in [0.29, 0.717) is 17.9 Å². The zero-order valence-electron chi connectivity index (χ0n) is 8.00. The second-order valence-electron chi connectivity index (χ2n) is 2.77. The summed E-state index contributed by atoms with van der Waals surface area (Å²) in [6.07, 6.45) is 3.56. The summed E-state index contributed by atoms with van der Waals surface area (Å²) in [6, 6.07) is 1.33. The highest BCUT2D eigenvalue weighted by Gasteiger charge is 2.02. The first-order chi connectivity index (χ1) is 6.77. The Balaban J connectivity index is 2.89. The van der Waals surface area contributed by atoms with Gasteiger partial charge in [0.2, 0.25) is 0 Å². The Morgan fingerprint density at radius 3 is 3.00 bits per heavy atom. The van der Waals surface area contributed by atoms with Gasteiger partial charge in [0.05, 0.1) is 6.20 Å². The van der Waals surface area contributed by atoms with Crippen molar-refractivity contribution in [2.45, 2.75) is 13.3 Å². The Morgan fingerprint density at radius 1 is 1.64 bits per heavy atom. The average Bonchev–Trinajstić information content (AvgIpc) is 2.19. The largest absolute Gasteiger partial charge is 0.308 e. The smallest absolute Gasteiger partial charge is 0.144 e. The van der Waals surface area contributed by atoms with Gasteiger partial charge in [-0.2, -0.15) is 0 Å². The lowest BCUT2D eigenvalue weighted by molar-refractivity contribution is 0.621. The summed E-state index contributed by atoms with van der Waals surface area (Å²) in [5, 5.41) is 0. The van der Waals surface area contributed by atoms with E-state index in [9.17, 15) is 4.39 Å². The highest BCUT2D eigenvalue weighted by Crippen LogP contribution is 2.01. The van der Waals surface area contributed by atoms with Crippen LogP contribution in [-0.2, 0) is 0 Å². The molecule has 14 heavy (non-hydrogen) atoms. The van der Waals surface area contributed by atoms with Crippen LogP contribution in [0.1, 0.15) is 18.9 Å². The monoisotopic (exact) mass is 196 g/mol. The molecule has 0 bridgehead atoms. The number of rotatable bonds is 3. The number of nitrogens with two attached hydrogens (primary N) is 1. The molecule has 0 fully saturated rings. The fourth-order valence-corrected chi connectivity index (χ4v) is 0.985. The summed E-state index contributed by atoms with van der Waals surface area (Å²) in [4.78, 5) is 7.86. The summed E-state index contributed by atoms with van der Waals surface area (Å²) >= 11 is 0. The molecule has 1 aromatic heterocycles. The lowest BCUT2D eigenvalue weighted by Crippen LogP contribution is -2.31. The van der Waals surface area contributed by atoms with E-state index in [1.165, 1.54) is 12.3 Å². The van der Waals surface area contributed by atoms with Crippen molar-refractivity contribution < 1.29 is 4.39 Å². The Kier molecular flexibility index (Phi) is 4.00. The van der Waals surface area contributed by atoms with Crippen molar-refractivity contribution in [2.24, 2.45) is 10.8 Å². The number of halogens is 1. The summed E-state index contributed by atoms with van der Waals surface area (Å²) in [5.74, 6) is 5.32. The molecule has 76 valence electrons. The fraction of sp³-hybridized carbons (Fsp3) is 0.333. The van der Waals surface area contributed by atoms with Gasteiger partial charge in [0.15, 0.2) is 0 Å². The standard InChI is InChI=1S/C9H13FN4/c1-2-3-13-9(14-11)7-4-8(10)6-12-5-7/h4-6H,2-3,11H2,1H3,(H,13,14). The molecule has 0 aromatic carbocycles. The third-order valence-corrected chi connectivity index (χ3v) is 1.61. The minimum Gasteiger partial charge on any atom is -0.308 e. The van der Waals surface area contributed by atoms with Gasteiger partial charge in [-0.15, -0.1) is 0 Å². The van der Waals surface area contributed by atoms with Crippen molar-refractivity contribution in [3.8, 4) is 0 Å². The summed E-state index contributed by atoms with van der Waals surface area (Å²) in [5.41, 5.74) is 2.98. The van der Waals surface area contributed by atoms with Crippen LogP contribution in [0.4, 0.5) is 4.39 Å². The predicted molar refractivity (Wildman–Crippen MR) is 53.2 cm³/mol. The van der Waals surface area contributed by atoms with Gasteiger partial charge >= 0.3 is 0 Å². The molecule has 5 heteroatoms. The Labute approximate surface area is 82.0 Å². The predicted octanol–water partition coefficient (Wildman–Crippen LogP) is 0.841. The van der Waals surface area contributed by atoms with Crippen LogP contribution in [0, 0.1) is 5.82 Å². The summed E-state index contributed by atoms with van der Waals surface area (Å²) in [6.45, 7) is 2.65. The molecule has 0 spiro atoms. The number of aromatic nitrogens is 1. The molecular formula is C9H13FN4. The molecule has 0 aliphatic rings. The van der Waals surface area contributed by atoms with Crippen LogP contribution in [0.3, 0.4) is 0 Å². The average molecular weight is 196 g/mol. The van der Waals surface area contributed by atoms with E-state index in [4.69, 9.17) is 5.84 Å². The summed E-state index contributed by atoms with van der Waals surface area (Å²) < 4.78 is 12.8. The maximum Gasteiger partial charge on any atom is 0.144 e. The van der Waals surface area contributed by atoms with Gasteiger partial charge < -0.3 is 5.43 Å². The Hall–Kier alpha value is -1.49. The molecular weight excluding hydrogens is 183 g/mol. The number of nitrogens with one attached hydrogen (secondary N) is 1. The van der Waals surface area contributed by atoms with Crippen LogP contribution in [0.5, 0.6) is 0 Å². The maximum absolute atomic E-state index is 12.8. The quantitative estimate of drug-likeness (QED) is 0.326. The van der Waals surface area contributed by atoms with Crippen molar-refractivity contribution in [3.05, 3.63) is 29.8 Å². The van der Waals surface area contributed by atoms with Crippen molar-refractivity contribution in [2.75, 3.05) is 6.54 Å². The summed E-state index contributed by atoms with van der Waals surface area (Å²) in [7, 11) is 0. The molecule has 0 aliphatic heterocycles. The lowest BCUT2D eigenvalue weighted by Gasteiger charge is -2.04. The number of hydrogen-bond acceptors (Lipinski definition) is 3. The molecule has 0 unspecified atom stereocenters. The SMILES string of the molecule is CCCN=C(NN)c1cncc(F)c1. The minimum atomic E-state index is -0.401. The second-order valence-corrected chi connectivity index (χ2v) is 2.77. The Bertz CT molecular complexity index is 324. The molecule has 4 nitrogen and oxygen atoms in total. The molecule has 1 aromatic rings. The number of aliphatic imine (C=N–C) groups is 1. The van der Waals surface area contributed by atoms with Crippen LogP contribution < -0.4 is 11.3 Å². The van der Waals surface area contributed by atoms with Gasteiger partial charge in [-0.25, -0.2) is 10.2 Å². The van der Waals surface area contributed by atoms with Gasteiger partial charge in [-0.05, 0) is 12.5 Å². The third-order valence-electron chi connectivity index (χ3n) is 1.61. The number of hydrazine groups is 1. The van der Waals surface area contributed by atoms with E-state index in [2.05, 4.69) is 15.4 Å². The van der Waals surface area contributed by atoms with Crippen molar-refractivity contribution in [3.63, 3.8) is 0 Å². The highest BCUT2D eigenvalue weighted by atomic mass is 19.1. The van der Waals surface area contributed by atoms with Crippen LogP contribution >= 0.6 is 0 Å². The molecule has 0 radical (unpaired) electrons. The van der Waals surface area contributed by atoms with Crippen LogP contribution in [0.25, 0.3) is 0 Å². The van der Waals surface area contributed by atoms with Crippen LogP contribution in [0.2, 0.25) is 0 Å². The van der Waals surface area contributed by atoms with E-state index >= 15 is 0 Å². The zero-order valence-corrected chi connectivity index (χ0v) is 8.00. The molecule has 0 atom stereocenters. The van der Waals surface area contributed by atoms with Gasteiger partial charge in [0, 0.05) is 18.3 Å². The van der Waals surface area contributed by atoms with Crippen LogP contribution in [0.15, 0.2) is 23.5 Å². The van der Waals surface area contributed by atoms with Gasteiger partial charge in [-0.1, -0.05) is 6.92 Å².